The second-order valence-electron chi connectivity index (χ2n) is 6.56. The Morgan fingerprint density at radius 1 is 0.741 bits per heavy atom. The summed E-state index contributed by atoms with van der Waals surface area (Å²) in [5.74, 6) is -0.497. The third-order valence-electron chi connectivity index (χ3n) is 5.14. The summed E-state index contributed by atoms with van der Waals surface area (Å²) in [6, 6.07) is 31.6. The second kappa shape index (κ2) is 8.41. The van der Waals surface area contributed by atoms with Crippen LogP contribution in [0.4, 0.5) is 0 Å². The normalized spacial score (nSPS) is 12.3. The number of carbonyl (C=O) groups excluding carboxylic acids is 1. The number of methoxy groups -OCH3 is 1. The lowest BCUT2D eigenvalue weighted by atomic mass is 10.1. The molecule has 0 spiro atoms. The van der Waals surface area contributed by atoms with Crippen LogP contribution in [0.5, 0.6) is 0 Å². The molecule has 3 heteroatoms. The second-order valence-corrected chi connectivity index (χ2v) is 10.2. The summed E-state index contributed by atoms with van der Waals surface area (Å²) >= 11 is 0. The Morgan fingerprint density at radius 3 is 1.37 bits per heavy atom. The van der Waals surface area contributed by atoms with Crippen LogP contribution in [0.3, 0.4) is 0 Å². The maximum absolute atomic E-state index is 12.5. The largest absolute Gasteiger partial charge is 0.469 e. The molecular formula is C24H25O2P. The zero-order chi connectivity index (χ0) is 19.3. The number of carbonyl (C=O) groups is 1. The SMILES string of the molecule is COC(=O)C(C)C(C)=P(c1ccccc1)(c1ccccc1)c1ccccc1. The van der Waals surface area contributed by atoms with Crippen LogP contribution >= 0.6 is 6.89 Å². The summed E-state index contributed by atoms with van der Waals surface area (Å²) in [6.45, 7) is 1.91. The van der Waals surface area contributed by atoms with E-state index in [0.29, 0.717) is 0 Å². The average Bonchev–Trinajstić information content (AvgIpc) is 2.75. The molecule has 1 unspecified atom stereocenters. The van der Waals surface area contributed by atoms with Crippen molar-refractivity contribution in [3.05, 3.63) is 91.0 Å². The van der Waals surface area contributed by atoms with Crippen molar-refractivity contribution in [1.82, 2.24) is 0 Å². The molecule has 27 heavy (non-hydrogen) atoms. The van der Waals surface area contributed by atoms with Crippen molar-refractivity contribution in [2.75, 3.05) is 7.11 Å². The van der Waals surface area contributed by atoms with Crippen LogP contribution in [-0.4, -0.2) is 18.4 Å². The van der Waals surface area contributed by atoms with Crippen LogP contribution in [0.1, 0.15) is 13.8 Å². The van der Waals surface area contributed by atoms with Crippen molar-refractivity contribution in [2.45, 2.75) is 13.8 Å². The molecule has 138 valence electrons. The quantitative estimate of drug-likeness (QED) is 0.497. The van der Waals surface area contributed by atoms with Gasteiger partial charge in [0.2, 0.25) is 0 Å². The summed E-state index contributed by atoms with van der Waals surface area (Å²) in [4.78, 5) is 12.5. The van der Waals surface area contributed by atoms with Gasteiger partial charge < -0.3 is 4.74 Å². The first-order valence-corrected chi connectivity index (χ1v) is 10.9. The molecule has 1 atom stereocenters. The van der Waals surface area contributed by atoms with E-state index in [1.807, 2.05) is 25.1 Å². The van der Waals surface area contributed by atoms with Crippen LogP contribution in [0.25, 0.3) is 0 Å². The Labute approximate surface area is 161 Å². The molecule has 0 saturated heterocycles. The van der Waals surface area contributed by atoms with Crippen molar-refractivity contribution in [3.63, 3.8) is 0 Å². The smallest absolute Gasteiger partial charge is 0.312 e. The third-order valence-corrected chi connectivity index (χ3v) is 9.80. The number of hydrogen-bond acceptors (Lipinski definition) is 2. The number of hydrogen-bond donors (Lipinski definition) is 0. The predicted molar refractivity (Wildman–Crippen MR) is 117 cm³/mol. The van der Waals surface area contributed by atoms with Crippen molar-refractivity contribution >= 4 is 34.1 Å². The van der Waals surface area contributed by atoms with Crippen LogP contribution in [0.15, 0.2) is 91.0 Å². The number of rotatable bonds is 5. The van der Waals surface area contributed by atoms with Crippen molar-refractivity contribution in [1.29, 1.82) is 0 Å². The van der Waals surface area contributed by atoms with Gasteiger partial charge in [-0.2, -0.15) is 0 Å². The molecule has 0 radical (unpaired) electrons. The molecule has 0 aliphatic carbocycles. The lowest BCUT2D eigenvalue weighted by Gasteiger charge is -2.33. The summed E-state index contributed by atoms with van der Waals surface area (Å²) in [5.41, 5.74) is 0. The highest BCUT2D eigenvalue weighted by molar-refractivity contribution is 7.95. The van der Waals surface area contributed by atoms with Crippen LogP contribution in [0.2, 0.25) is 0 Å². The molecule has 0 amide bonds. The molecule has 0 aliphatic rings. The molecular weight excluding hydrogens is 351 g/mol. The van der Waals surface area contributed by atoms with E-state index in [-0.39, 0.29) is 11.9 Å². The van der Waals surface area contributed by atoms with E-state index in [1.54, 1.807) is 0 Å². The molecule has 0 aromatic heterocycles. The van der Waals surface area contributed by atoms with Gasteiger partial charge in [0.1, 0.15) is 0 Å². The summed E-state index contributed by atoms with van der Waals surface area (Å²) in [6.07, 6.45) is 0. The van der Waals surface area contributed by atoms with Gasteiger partial charge in [0, 0.05) is 0 Å². The number of benzene rings is 3. The maximum atomic E-state index is 12.5. The van der Waals surface area contributed by atoms with Gasteiger partial charge in [0.25, 0.3) is 0 Å². The summed E-state index contributed by atoms with van der Waals surface area (Å²) in [7, 11) is 1.46. The Balaban J connectivity index is 2.50. The first-order valence-electron chi connectivity index (χ1n) is 9.10. The average molecular weight is 376 g/mol. The minimum Gasteiger partial charge on any atom is -0.469 e. The van der Waals surface area contributed by atoms with E-state index in [0.717, 1.165) is 5.29 Å². The zero-order valence-electron chi connectivity index (χ0n) is 16.0. The fourth-order valence-electron chi connectivity index (χ4n) is 3.65. The zero-order valence-corrected chi connectivity index (χ0v) is 16.9. The predicted octanol–water partition coefficient (Wildman–Crippen LogP) is 3.98. The lowest BCUT2D eigenvalue weighted by molar-refractivity contribution is -0.142. The highest BCUT2D eigenvalue weighted by Gasteiger charge is 2.32. The molecule has 0 bridgehead atoms. The molecule has 0 saturated carbocycles. The lowest BCUT2D eigenvalue weighted by Crippen LogP contribution is -2.33. The fourth-order valence-corrected chi connectivity index (χ4v) is 8.31. The van der Waals surface area contributed by atoms with E-state index < -0.39 is 6.89 Å². The molecule has 0 heterocycles. The van der Waals surface area contributed by atoms with Crippen LogP contribution in [0, 0.1) is 5.92 Å². The molecule has 0 aliphatic heterocycles. The van der Waals surface area contributed by atoms with E-state index in [4.69, 9.17) is 4.74 Å². The standard InChI is InChI=1S/C24H25O2P/c1-19(24(25)26-3)20(2)27(21-13-7-4-8-14-21,22-15-9-5-10-16-22)23-17-11-6-12-18-23/h4-19H,1-3H3. The number of ether oxygens (including phenoxy) is 1. The Kier molecular flexibility index (Phi) is 5.98. The van der Waals surface area contributed by atoms with Gasteiger partial charge in [0.05, 0.1) is 13.0 Å². The minimum absolute atomic E-state index is 0.195. The molecule has 0 fully saturated rings. The Bertz CT molecular complexity index is 844. The third kappa shape index (κ3) is 3.50. The minimum atomic E-state index is -2.15. The topological polar surface area (TPSA) is 26.3 Å². The van der Waals surface area contributed by atoms with Gasteiger partial charge in [-0.05, 0) is 41.9 Å². The molecule has 2 nitrogen and oxygen atoms in total. The first kappa shape index (κ1) is 19.2. The van der Waals surface area contributed by atoms with Crippen molar-refractivity contribution in [3.8, 4) is 0 Å². The van der Waals surface area contributed by atoms with Gasteiger partial charge in [-0.25, -0.2) is 0 Å². The Hall–Kier alpha value is -2.57. The highest BCUT2D eigenvalue weighted by Crippen LogP contribution is 2.47. The molecule has 0 N–H and O–H groups in total. The first-order chi connectivity index (χ1) is 13.1. The van der Waals surface area contributed by atoms with Gasteiger partial charge >= 0.3 is 5.97 Å². The van der Waals surface area contributed by atoms with E-state index in [2.05, 4.69) is 79.7 Å². The monoisotopic (exact) mass is 376 g/mol. The Morgan fingerprint density at radius 2 is 1.07 bits per heavy atom. The highest BCUT2D eigenvalue weighted by atomic mass is 31.2. The van der Waals surface area contributed by atoms with Gasteiger partial charge in [-0.15, -0.1) is 0 Å². The van der Waals surface area contributed by atoms with E-state index >= 15 is 0 Å². The van der Waals surface area contributed by atoms with Gasteiger partial charge in [-0.3, -0.25) is 4.79 Å². The summed E-state index contributed by atoms with van der Waals surface area (Å²) < 4.78 is 5.09. The van der Waals surface area contributed by atoms with Crippen LogP contribution in [-0.2, 0) is 9.53 Å². The number of esters is 1. The molecule has 3 rings (SSSR count). The van der Waals surface area contributed by atoms with Gasteiger partial charge in [0.15, 0.2) is 0 Å². The van der Waals surface area contributed by atoms with E-state index in [1.165, 1.54) is 23.0 Å². The molecule has 3 aromatic rings. The van der Waals surface area contributed by atoms with Crippen molar-refractivity contribution in [2.24, 2.45) is 5.92 Å². The van der Waals surface area contributed by atoms with Gasteiger partial charge in [-0.1, -0.05) is 91.0 Å². The van der Waals surface area contributed by atoms with Crippen LogP contribution < -0.4 is 15.9 Å². The molecule has 3 aromatic carbocycles. The van der Waals surface area contributed by atoms with E-state index in [9.17, 15) is 4.79 Å². The fraction of sp³-hybridized carbons (Fsp3) is 0.167. The summed E-state index contributed by atoms with van der Waals surface area (Å²) in [5, 5.41) is 4.89. The maximum Gasteiger partial charge on any atom is 0.312 e. The van der Waals surface area contributed by atoms with Crippen molar-refractivity contribution < 1.29 is 9.53 Å².